The molecule has 1 N–H and O–H groups in total. The van der Waals surface area contributed by atoms with E-state index >= 15 is 0 Å². The quantitative estimate of drug-likeness (QED) is 0.922. The van der Waals surface area contributed by atoms with E-state index in [9.17, 15) is 4.79 Å². The minimum absolute atomic E-state index is 0.0337. The summed E-state index contributed by atoms with van der Waals surface area (Å²) in [7, 11) is 1.82. The number of benzene rings is 1. The lowest BCUT2D eigenvalue weighted by Gasteiger charge is -2.26. The average molecular weight is 328 g/mol. The van der Waals surface area contributed by atoms with Crippen LogP contribution in [0.4, 0.5) is 10.5 Å². The Balaban J connectivity index is 1.53. The predicted molar refractivity (Wildman–Crippen MR) is 93.2 cm³/mol. The van der Waals surface area contributed by atoms with Crippen molar-refractivity contribution in [3.8, 4) is 0 Å². The molecule has 2 amide bonds. The van der Waals surface area contributed by atoms with E-state index in [1.54, 1.807) is 4.90 Å². The van der Waals surface area contributed by atoms with E-state index in [2.05, 4.69) is 20.9 Å². The molecule has 2 heterocycles. The van der Waals surface area contributed by atoms with Gasteiger partial charge in [-0.15, -0.1) is 0 Å². The molecule has 6 nitrogen and oxygen atoms in total. The van der Waals surface area contributed by atoms with Crippen molar-refractivity contribution in [2.45, 2.75) is 51.3 Å². The number of amides is 2. The van der Waals surface area contributed by atoms with Crippen molar-refractivity contribution in [2.24, 2.45) is 0 Å². The summed E-state index contributed by atoms with van der Waals surface area (Å²) in [6, 6.07) is 6.31. The van der Waals surface area contributed by atoms with Crippen LogP contribution in [0.5, 0.6) is 0 Å². The molecule has 0 atom stereocenters. The third-order valence-electron chi connectivity index (χ3n) is 5.13. The van der Waals surface area contributed by atoms with Crippen LogP contribution in [-0.2, 0) is 17.9 Å². The minimum Gasteiger partial charge on any atom is -0.372 e. The van der Waals surface area contributed by atoms with E-state index in [-0.39, 0.29) is 6.03 Å². The number of carbonyl (C=O) groups is 1. The van der Waals surface area contributed by atoms with Crippen LogP contribution in [0.2, 0.25) is 0 Å². The number of imidazole rings is 1. The van der Waals surface area contributed by atoms with E-state index in [1.165, 1.54) is 19.3 Å². The Labute approximate surface area is 141 Å². The number of ether oxygens (including phenoxy) is 1. The maximum absolute atomic E-state index is 12.5. The van der Waals surface area contributed by atoms with Crippen molar-refractivity contribution in [1.82, 2.24) is 14.9 Å². The fourth-order valence-electron chi connectivity index (χ4n) is 3.69. The van der Waals surface area contributed by atoms with Crippen LogP contribution in [0.1, 0.15) is 37.9 Å². The molecule has 1 aromatic heterocycles. The number of hydrogen-bond donors (Lipinski definition) is 1. The van der Waals surface area contributed by atoms with Crippen molar-refractivity contribution in [3.63, 3.8) is 0 Å². The van der Waals surface area contributed by atoms with Gasteiger partial charge < -0.3 is 14.6 Å². The Morgan fingerprint density at radius 2 is 2.17 bits per heavy atom. The first-order chi connectivity index (χ1) is 11.7. The van der Waals surface area contributed by atoms with Crippen LogP contribution < -0.4 is 10.2 Å². The number of urea groups is 1. The van der Waals surface area contributed by atoms with Gasteiger partial charge in [0.05, 0.1) is 17.6 Å². The highest BCUT2D eigenvalue weighted by atomic mass is 16.5. The molecule has 1 saturated carbocycles. The number of carbonyl (C=O) groups excluding carboxylic acids is 1. The fraction of sp³-hybridized carbons (Fsp3) is 0.556. The monoisotopic (exact) mass is 328 g/mol. The summed E-state index contributed by atoms with van der Waals surface area (Å²) in [4.78, 5) is 18.8. The van der Waals surface area contributed by atoms with Crippen molar-refractivity contribution >= 4 is 22.8 Å². The highest BCUT2D eigenvalue weighted by Gasteiger charge is 2.20. The number of nitrogens with one attached hydrogen (secondary N) is 1. The Kier molecular flexibility index (Phi) is 4.14. The van der Waals surface area contributed by atoms with Gasteiger partial charge in [-0.2, -0.15) is 0 Å². The van der Waals surface area contributed by atoms with Gasteiger partial charge in [0, 0.05) is 25.3 Å². The van der Waals surface area contributed by atoms with Gasteiger partial charge in [0.2, 0.25) is 0 Å². The van der Waals surface area contributed by atoms with Gasteiger partial charge in [-0.05, 0) is 31.0 Å². The second-order valence-corrected chi connectivity index (χ2v) is 6.75. The van der Waals surface area contributed by atoms with Crippen LogP contribution in [0, 0.1) is 0 Å². The SMILES string of the molecule is CN(C(=O)NC1CCCCC1)c1ccc2c(c1)nc1n2CCOC1. The molecular weight excluding hydrogens is 304 g/mol. The van der Waals surface area contributed by atoms with Crippen LogP contribution in [-0.4, -0.2) is 35.3 Å². The molecule has 1 aliphatic carbocycles. The van der Waals surface area contributed by atoms with Crippen molar-refractivity contribution < 1.29 is 9.53 Å². The number of anilines is 1. The molecule has 0 unspecified atom stereocenters. The highest BCUT2D eigenvalue weighted by molar-refractivity contribution is 5.94. The van der Waals surface area contributed by atoms with Crippen molar-refractivity contribution in [3.05, 3.63) is 24.0 Å². The molecule has 0 saturated heterocycles. The molecule has 6 heteroatoms. The summed E-state index contributed by atoms with van der Waals surface area (Å²) in [5.74, 6) is 0.961. The molecule has 0 radical (unpaired) electrons. The lowest BCUT2D eigenvalue weighted by atomic mass is 9.96. The van der Waals surface area contributed by atoms with Gasteiger partial charge in [-0.25, -0.2) is 9.78 Å². The Morgan fingerprint density at radius 3 is 3.00 bits per heavy atom. The molecule has 2 aromatic rings. The van der Waals surface area contributed by atoms with Crippen molar-refractivity contribution in [1.29, 1.82) is 0 Å². The first-order valence-electron chi connectivity index (χ1n) is 8.83. The third-order valence-corrected chi connectivity index (χ3v) is 5.13. The molecule has 1 aliphatic heterocycles. The number of hydrogen-bond acceptors (Lipinski definition) is 3. The van der Waals surface area contributed by atoms with E-state index in [0.717, 1.165) is 48.5 Å². The molecule has 128 valence electrons. The fourth-order valence-corrected chi connectivity index (χ4v) is 3.69. The standard InChI is InChI=1S/C18H24N4O2/c1-21(18(23)19-13-5-3-2-4-6-13)14-7-8-16-15(11-14)20-17-12-24-10-9-22(16)17/h7-8,11,13H,2-6,9-10,12H2,1H3,(H,19,23). The first kappa shape index (κ1) is 15.4. The maximum atomic E-state index is 12.5. The lowest BCUT2D eigenvalue weighted by Crippen LogP contribution is -2.43. The minimum atomic E-state index is -0.0337. The number of aromatic nitrogens is 2. The summed E-state index contributed by atoms with van der Waals surface area (Å²) in [6.45, 7) is 2.12. The van der Waals surface area contributed by atoms with E-state index in [0.29, 0.717) is 12.6 Å². The normalized spacial score (nSPS) is 18.4. The van der Waals surface area contributed by atoms with Gasteiger partial charge in [-0.3, -0.25) is 4.90 Å². The summed E-state index contributed by atoms with van der Waals surface area (Å²) < 4.78 is 7.67. The number of fused-ring (bicyclic) bond motifs is 3. The first-order valence-corrected chi connectivity index (χ1v) is 8.83. The van der Waals surface area contributed by atoms with E-state index in [1.807, 2.05) is 19.2 Å². The largest absolute Gasteiger partial charge is 0.372 e. The molecule has 0 spiro atoms. The highest BCUT2D eigenvalue weighted by Crippen LogP contribution is 2.25. The average Bonchev–Trinajstić information content (AvgIpc) is 2.99. The summed E-state index contributed by atoms with van der Waals surface area (Å²) in [6.07, 6.45) is 5.89. The number of nitrogens with zero attached hydrogens (tertiary/aromatic N) is 3. The van der Waals surface area contributed by atoms with Gasteiger partial charge in [0.15, 0.2) is 0 Å². The van der Waals surface area contributed by atoms with Crippen LogP contribution >= 0.6 is 0 Å². The topological polar surface area (TPSA) is 59.4 Å². The number of rotatable bonds is 2. The zero-order valence-electron chi connectivity index (χ0n) is 14.1. The molecule has 1 fully saturated rings. The zero-order valence-corrected chi connectivity index (χ0v) is 14.1. The Morgan fingerprint density at radius 1 is 1.33 bits per heavy atom. The van der Waals surface area contributed by atoms with Crippen LogP contribution in [0.25, 0.3) is 11.0 Å². The van der Waals surface area contributed by atoms with E-state index in [4.69, 9.17) is 4.74 Å². The molecular formula is C18H24N4O2. The van der Waals surface area contributed by atoms with Gasteiger partial charge >= 0.3 is 6.03 Å². The summed E-state index contributed by atoms with van der Waals surface area (Å²) >= 11 is 0. The summed E-state index contributed by atoms with van der Waals surface area (Å²) in [5, 5.41) is 3.16. The van der Waals surface area contributed by atoms with Crippen LogP contribution in [0.15, 0.2) is 18.2 Å². The van der Waals surface area contributed by atoms with E-state index < -0.39 is 0 Å². The van der Waals surface area contributed by atoms with Gasteiger partial charge in [-0.1, -0.05) is 19.3 Å². The predicted octanol–water partition coefficient (Wildman–Crippen LogP) is 3.05. The second kappa shape index (κ2) is 6.43. The maximum Gasteiger partial charge on any atom is 0.321 e. The zero-order chi connectivity index (χ0) is 16.5. The molecule has 1 aromatic carbocycles. The van der Waals surface area contributed by atoms with Gasteiger partial charge in [0.1, 0.15) is 12.4 Å². The van der Waals surface area contributed by atoms with Gasteiger partial charge in [0.25, 0.3) is 0 Å². The third kappa shape index (κ3) is 2.86. The van der Waals surface area contributed by atoms with Crippen LogP contribution in [0.3, 0.4) is 0 Å². The molecule has 0 bridgehead atoms. The molecule has 4 rings (SSSR count). The van der Waals surface area contributed by atoms with Crippen molar-refractivity contribution in [2.75, 3.05) is 18.6 Å². The lowest BCUT2D eigenvalue weighted by molar-refractivity contribution is 0.0830. The molecule has 24 heavy (non-hydrogen) atoms. The Hall–Kier alpha value is -2.08. The smallest absolute Gasteiger partial charge is 0.321 e. The Bertz CT molecular complexity index is 749. The molecule has 2 aliphatic rings. The second-order valence-electron chi connectivity index (χ2n) is 6.75. The summed E-state index contributed by atoms with van der Waals surface area (Å²) in [5.41, 5.74) is 2.90.